The van der Waals surface area contributed by atoms with Crippen molar-refractivity contribution in [3.8, 4) is 5.75 Å². The fraction of sp³-hybridized carbons (Fsp3) is 0.667. The monoisotopic (exact) mass is 168 g/mol. The Bertz CT molecular complexity index is 230. The van der Waals surface area contributed by atoms with Crippen LogP contribution in [0.2, 0.25) is 0 Å². The van der Waals surface area contributed by atoms with Gasteiger partial charge in [0.1, 0.15) is 0 Å². The molecule has 1 rings (SSSR count). The normalized spacial score (nSPS) is 10.7. The van der Waals surface area contributed by atoms with Crippen LogP contribution in [-0.4, -0.2) is 16.4 Å². The van der Waals surface area contributed by atoms with E-state index < -0.39 is 0 Å². The number of ether oxygens (including phenoxy) is 1. The second-order valence-corrected chi connectivity index (χ2v) is 3.24. The highest BCUT2D eigenvalue weighted by atomic mass is 16.5. The maximum absolute atomic E-state index is 5.47. The van der Waals surface area contributed by atoms with Gasteiger partial charge in [-0.15, -0.1) is 0 Å². The van der Waals surface area contributed by atoms with Gasteiger partial charge >= 0.3 is 0 Å². The van der Waals surface area contributed by atoms with Gasteiger partial charge in [0.25, 0.3) is 0 Å². The predicted molar refractivity (Wildman–Crippen MR) is 48.2 cm³/mol. The van der Waals surface area contributed by atoms with Crippen molar-refractivity contribution < 1.29 is 4.74 Å². The summed E-state index contributed by atoms with van der Waals surface area (Å²) in [6.07, 6.45) is 3.67. The molecular formula is C9H16N2O. The average molecular weight is 168 g/mol. The maximum Gasteiger partial charge on any atom is 0.157 e. The van der Waals surface area contributed by atoms with E-state index in [-0.39, 0.29) is 0 Å². The van der Waals surface area contributed by atoms with Gasteiger partial charge in [0.05, 0.1) is 19.0 Å². The Morgan fingerprint density at radius 2 is 2.33 bits per heavy atom. The van der Waals surface area contributed by atoms with Gasteiger partial charge in [0.15, 0.2) is 5.75 Å². The van der Waals surface area contributed by atoms with Gasteiger partial charge in [-0.3, -0.25) is 4.68 Å². The molecule has 0 aliphatic rings. The van der Waals surface area contributed by atoms with Crippen molar-refractivity contribution in [3.63, 3.8) is 0 Å². The Hall–Kier alpha value is -0.990. The zero-order valence-corrected chi connectivity index (χ0v) is 7.95. The molecule has 1 aromatic heterocycles. The van der Waals surface area contributed by atoms with Crippen molar-refractivity contribution in [2.45, 2.75) is 27.3 Å². The van der Waals surface area contributed by atoms with Gasteiger partial charge < -0.3 is 4.74 Å². The van der Waals surface area contributed by atoms with Crippen molar-refractivity contribution in [2.24, 2.45) is 5.92 Å². The molecule has 0 aliphatic carbocycles. The van der Waals surface area contributed by atoms with Crippen molar-refractivity contribution in [3.05, 3.63) is 12.4 Å². The lowest BCUT2D eigenvalue weighted by molar-refractivity contribution is 0.271. The first-order valence-electron chi connectivity index (χ1n) is 4.37. The zero-order chi connectivity index (χ0) is 8.97. The van der Waals surface area contributed by atoms with Gasteiger partial charge in [-0.1, -0.05) is 13.8 Å². The topological polar surface area (TPSA) is 27.1 Å². The molecule has 12 heavy (non-hydrogen) atoms. The summed E-state index contributed by atoms with van der Waals surface area (Å²) in [5, 5.41) is 4.10. The highest BCUT2D eigenvalue weighted by molar-refractivity contribution is 5.11. The number of hydrogen-bond acceptors (Lipinski definition) is 2. The van der Waals surface area contributed by atoms with Crippen molar-refractivity contribution >= 4 is 0 Å². The predicted octanol–water partition coefficient (Wildman–Crippen LogP) is 1.94. The van der Waals surface area contributed by atoms with Crippen molar-refractivity contribution in [1.29, 1.82) is 0 Å². The molecule has 0 bridgehead atoms. The lowest BCUT2D eigenvalue weighted by atomic mass is 10.2. The number of aromatic nitrogens is 2. The summed E-state index contributed by atoms with van der Waals surface area (Å²) < 4.78 is 7.32. The first kappa shape index (κ1) is 9.10. The lowest BCUT2D eigenvalue weighted by Crippen LogP contribution is -2.03. The Balaban J connectivity index is 2.41. The van der Waals surface area contributed by atoms with Crippen LogP contribution in [0.15, 0.2) is 12.4 Å². The molecule has 3 heteroatoms. The van der Waals surface area contributed by atoms with Gasteiger partial charge in [-0.05, 0) is 12.8 Å². The molecule has 0 fully saturated rings. The fourth-order valence-corrected chi connectivity index (χ4v) is 0.855. The molecule has 0 radical (unpaired) electrons. The molecule has 0 N–H and O–H groups in total. The minimum Gasteiger partial charge on any atom is -0.490 e. The minimum absolute atomic E-state index is 0.565. The summed E-state index contributed by atoms with van der Waals surface area (Å²) in [5.41, 5.74) is 0. The van der Waals surface area contributed by atoms with E-state index in [0.29, 0.717) is 5.92 Å². The molecule has 0 aromatic carbocycles. The van der Waals surface area contributed by atoms with Crippen molar-refractivity contribution in [1.82, 2.24) is 9.78 Å². The standard InChI is InChI=1S/C9H16N2O/c1-4-11-6-9(5-10-11)12-7-8(2)3/h5-6,8H,4,7H2,1-3H3. The highest BCUT2D eigenvalue weighted by Crippen LogP contribution is 2.09. The SMILES string of the molecule is CCn1cc(OCC(C)C)cn1. The van der Waals surface area contributed by atoms with Crippen LogP contribution < -0.4 is 4.74 Å². The largest absolute Gasteiger partial charge is 0.490 e. The lowest BCUT2D eigenvalue weighted by Gasteiger charge is -2.04. The van der Waals surface area contributed by atoms with E-state index in [0.717, 1.165) is 18.9 Å². The minimum atomic E-state index is 0.565. The smallest absolute Gasteiger partial charge is 0.157 e. The maximum atomic E-state index is 5.47. The average Bonchev–Trinajstić information content (AvgIpc) is 2.48. The van der Waals surface area contributed by atoms with E-state index in [9.17, 15) is 0 Å². The molecule has 0 atom stereocenters. The van der Waals surface area contributed by atoms with Crippen LogP contribution in [0.4, 0.5) is 0 Å². The summed E-state index contributed by atoms with van der Waals surface area (Å²) in [4.78, 5) is 0. The Morgan fingerprint density at radius 3 is 2.83 bits per heavy atom. The van der Waals surface area contributed by atoms with Crippen molar-refractivity contribution in [2.75, 3.05) is 6.61 Å². The molecule has 1 aromatic rings. The summed E-state index contributed by atoms with van der Waals surface area (Å²) in [7, 11) is 0. The molecule has 0 spiro atoms. The van der Waals surface area contributed by atoms with Crippen LogP contribution in [0.5, 0.6) is 5.75 Å². The van der Waals surface area contributed by atoms with Gasteiger partial charge in [0, 0.05) is 6.54 Å². The third-order valence-electron chi connectivity index (χ3n) is 1.52. The van der Waals surface area contributed by atoms with Gasteiger partial charge in [-0.25, -0.2) is 0 Å². The zero-order valence-electron chi connectivity index (χ0n) is 7.95. The third kappa shape index (κ3) is 2.57. The molecule has 0 saturated heterocycles. The van der Waals surface area contributed by atoms with Gasteiger partial charge in [-0.2, -0.15) is 5.10 Å². The molecule has 3 nitrogen and oxygen atoms in total. The van der Waals surface area contributed by atoms with Crippen LogP contribution in [0.1, 0.15) is 20.8 Å². The Morgan fingerprint density at radius 1 is 1.58 bits per heavy atom. The van der Waals surface area contributed by atoms with E-state index in [1.165, 1.54) is 0 Å². The van der Waals surface area contributed by atoms with Crippen LogP contribution in [0, 0.1) is 5.92 Å². The van der Waals surface area contributed by atoms with E-state index in [1.54, 1.807) is 6.20 Å². The highest BCUT2D eigenvalue weighted by Gasteiger charge is 1.99. The van der Waals surface area contributed by atoms with Crippen LogP contribution >= 0.6 is 0 Å². The molecule has 0 unspecified atom stereocenters. The molecular weight excluding hydrogens is 152 g/mol. The first-order valence-corrected chi connectivity index (χ1v) is 4.37. The number of aryl methyl sites for hydroxylation is 1. The second kappa shape index (κ2) is 4.14. The Labute approximate surface area is 73.3 Å². The summed E-state index contributed by atoms with van der Waals surface area (Å²) in [6, 6.07) is 0. The van der Waals surface area contributed by atoms with Crippen LogP contribution in [0.25, 0.3) is 0 Å². The molecule has 68 valence electrons. The number of hydrogen-bond donors (Lipinski definition) is 0. The van der Waals surface area contributed by atoms with E-state index in [2.05, 4.69) is 25.9 Å². The summed E-state index contributed by atoms with van der Waals surface area (Å²) in [5.74, 6) is 1.43. The third-order valence-corrected chi connectivity index (χ3v) is 1.52. The Kier molecular flexibility index (Phi) is 3.14. The second-order valence-electron chi connectivity index (χ2n) is 3.24. The summed E-state index contributed by atoms with van der Waals surface area (Å²) in [6.45, 7) is 7.97. The molecule has 0 saturated carbocycles. The first-order chi connectivity index (χ1) is 5.72. The summed E-state index contributed by atoms with van der Waals surface area (Å²) >= 11 is 0. The van der Waals surface area contributed by atoms with E-state index in [4.69, 9.17) is 4.74 Å². The van der Waals surface area contributed by atoms with Gasteiger partial charge in [0.2, 0.25) is 0 Å². The molecule has 1 heterocycles. The fourth-order valence-electron chi connectivity index (χ4n) is 0.855. The number of nitrogens with zero attached hydrogens (tertiary/aromatic N) is 2. The molecule has 0 aliphatic heterocycles. The van der Waals surface area contributed by atoms with Crippen LogP contribution in [-0.2, 0) is 6.54 Å². The van der Waals surface area contributed by atoms with E-state index in [1.807, 2.05) is 10.9 Å². The quantitative estimate of drug-likeness (QED) is 0.687. The number of rotatable bonds is 4. The molecule has 0 amide bonds. The van der Waals surface area contributed by atoms with Crippen LogP contribution in [0.3, 0.4) is 0 Å². The van der Waals surface area contributed by atoms with E-state index >= 15 is 0 Å².